The molecule has 2 N–H and O–H groups in total. The quantitative estimate of drug-likeness (QED) is 0.616. The van der Waals surface area contributed by atoms with Crippen molar-refractivity contribution >= 4 is 65.8 Å². The largest absolute Gasteiger partial charge is 0.320 e. The Balaban J connectivity index is 2.39. The first kappa shape index (κ1) is 13.0. The molecule has 1 nitrogen and oxygen atoms in total. The summed E-state index contributed by atoms with van der Waals surface area (Å²) in [5, 5.41) is 0. The van der Waals surface area contributed by atoms with Crippen LogP contribution in [0.25, 0.3) is 0 Å². The van der Waals surface area contributed by atoms with Gasteiger partial charge in [0, 0.05) is 12.9 Å². The van der Waals surface area contributed by atoms with Gasteiger partial charge in [-0.05, 0) is 72.1 Å². The third-order valence-electron chi connectivity index (χ3n) is 2.21. The van der Waals surface area contributed by atoms with Crippen molar-refractivity contribution in [2.75, 3.05) is 0 Å². The van der Waals surface area contributed by atoms with Crippen LogP contribution in [0, 0.1) is 3.57 Å². The maximum atomic E-state index is 6.26. The van der Waals surface area contributed by atoms with Crippen LogP contribution in [-0.4, -0.2) is 0 Å². The molecule has 5 heteroatoms. The van der Waals surface area contributed by atoms with Crippen molar-refractivity contribution in [2.45, 2.75) is 6.04 Å². The Bertz CT molecular complexity index is 493. The molecule has 1 aromatic heterocycles. The zero-order chi connectivity index (χ0) is 11.7. The number of hydrogen-bond donors (Lipinski definition) is 1. The number of hydrogen-bond acceptors (Lipinski definition) is 2. The van der Waals surface area contributed by atoms with Crippen molar-refractivity contribution in [3.05, 3.63) is 52.6 Å². The summed E-state index contributed by atoms with van der Waals surface area (Å²) in [5.74, 6) is 0. The maximum absolute atomic E-state index is 6.26. The van der Waals surface area contributed by atoms with Gasteiger partial charge in [-0.25, -0.2) is 0 Å². The smallest absolute Gasteiger partial charge is 0.0843 e. The van der Waals surface area contributed by atoms with E-state index >= 15 is 0 Å². The van der Waals surface area contributed by atoms with Crippen LogP contribution in [0.1, 0.15) is 16.5 Å². The van der Waals surface area contributed by atoms with E-state index in [0.717, 1.165) is 13.1 Å². The fourth-order valence-corrected chi connectivity index (χ4v) is 4.23. The first-order valence-corrected chi connectivity index (χ1v) is 8.02. The fraction of sp³-hybridized carbons (Fsp3) is 0.0909. The Labute approximate surface area is 129 Å². The third-order valence-corrected chi connectivity index (χ3v) is 6.53. The van der Waals surface area contributed by atoms with Crippen LogP contribution >= 0.6 is 65.8 Å². The van der Waals surface area contributed by atoms with Gasteiger partial charge in [-0.2, -0.15) is 0 Å². The SMILES string of the molecule is NC(c1cc(Br)c(Br)s1)c1ccccc1I. The van der Waals surface area contributed by atoms with Crippen LogP contribution < -0.4 is 5.73 Å². The van der Waals surface area contributed by atoms with E-state index in [1.54, 1.807) is 11.3 Å². The van der Waals surface area contributed by atoms with Gasteiger partial charge in [0.15, 0.2) is 0 Å². The zero-order valence-electron chi connectivity index (χ0n) is 8.08. The van der Waals surface area contributed by atoms with E-state index in [1.165, 1.54) is 9.13 Å². The van der Waals surface area contributed by atoms with Crippen molar-refractivity contribution in [1.82, 2.24) is 0 Å². The van der Waals surface area contributed by atoms with E-state index in [2.05, 4.69) is 72.6 Å². The van der Waals surface area contributed by atoms with Gasteiger partial charge in [0.25, 0.3) is 0 Å². The van der Waals surface area contributed by atoms with E-state index in [1.807, 2.05) is 12.1 Å². The van der Waals surface area contributed by atoms with Gasteiger partial charge in [0.2, 0.25) is 0 Å². The summed E-state index contributed by atoms with van der Waals surface area (Å²) >= 11 is 11.0. The van der Waals surface area contributed by atoms with Crippen molar-refractivity contribution in [2.24, 2.45) is 5.73 Å². The predicted octanol–water partition coefficient (Wildman–Crippen LogP) is 4.93. The van der Waals surface area contributed by atoms with Crippen LogP contribution in [0.3, 0.4) is 0 Å². The first-order chi connectivity index (χ1) is 7.59. The molecule has 16 heavy (non-hydrogen) atoms. The van der Waals surface area contributed by atoms with Crippen molar-refractivity contribution in [3.8, 4) is 0 Å². The molecule has 1 unspecified atom stereocenters. The molecule has 1 atom stereocenters. The van der Waals surface area contributed by atoms with Crippen molar-refractivity contribution in [3.63, 3.8) is 0 Å². The highest BCUT2D eigenvalue weighted by Gasteiger charge is 2.15. The number of thiophene rings is 1. The Kier molecular flexibility index (Phi) is 4.45. The Morgan fingerprint density at radius 2 is 1.94 bits per heavy atom. The van der Waals surface area contributed by atoms with Gasteiger partial charge in [0.1, 0.15) is 0 Å². The number of nitrogens with two attached hydrogens (primary N) is 1. The summed E-state index contributed by atoms with van der Waals surface area (Å²) in [6.45, 7) is 0. The summed E-state index contributed by atoms with van der Waals surface area (Å²) in [6.07, 6.45) is 0. The van der Waals surface area contributed by atoms with Crippen molar-refractivity contribution < 1.29 is 0 Å². The van der Waals surface area contributed by atoms with Crippen LogP contribution in [0.5, 0.6) is 0 Å². The lowest BCUT2D eigenvalue weighted by Crippen LogP contribution is -2.11. The average molecular weight is 473 g/mol. The number of benzene rings is 1. The molecule has 0 fully saturated rings. The molecule has 0 bridgehead atoms. The Morgan fingerprint density at radius 1 is 1.25 bits per heavy atom. The molecule has 84 valence electrons. The minimum atomic E-state index is -0.0549. The molecule has 0 radical (unpaired) electrons. The lowest BCUT2D eigenvalue weighted by molar-refractivity contribution is 0.886. The molecule has 1 heterocycles. The first-order valence-electron chi connectivity index (χ1n) is 4.54. The normalized spacial score (nSPS) is 12.8. The molecule has 0 amide bonds. The van der Waals surface area contributed by atoms with Gasteiger partial charge < -0.3 is 5.73 Å². The van der Waals surface area contributed by atoms with Crippen LogP contribution in [0.15, 0.2) is 38.6 Å². The highest BCUT2D eigenvalue weighted by molar-refractivity contribution is 14.1. The molecule has 0 saturated carbocycles. The fourth-order valence-electron chi connectivity index (χ4n) is 1.40. The monoisotopic (exact) mass is 471 g/mol. The van der Waals surface area contributed by atoms with Gasteiger partial charge >= 0.3 is 0 Å². The molecule has 1 aromatic carbocycles. The third kappa shape index (κ3) is 2.69. The molecule has 0 spiro atoms. The van der Waals surface area contributed by atoms with E-state index in [9.17, 15) is 0 Å². The Hall–Kier alpha value is 0.570. The standard InChI is InChI=1S/C11H8Br2INS/c12-7-5-9(16-11(7)13)10(15)6-3-1-2-4-8(6)14/h1-5,10H,15H2. The van der Waals surface area contributed by atoms with Crippen LogP contribution in [-0.2, 0) is 0 Å². The second kappa shape index (κ2) is 5.48. The van der Waals surface area contributed by atoms with Crippen LogP contribution in [0.4, 0.5) is 0 Å². The van der Waals surface area contributed by atoms with Crippen LogP contribution in [0.2, 0.25) is 0 Å². The van der Waals surface area contributed by atoms with E-state index in [-0.39, 0.29) is 6.04 Å². The minimum Gasteiger partial charge on any atom is -0.320 e. The zero-order valence-corrected chi connectivity index (χ0v) is 14.2. The van der Waals surface area contributed by atoms with Crippen molar-refractivity contribution in [1.29, 1.82) is 0 Å². The maximum Gasteiger partial charge on any atom is 0.0843 e. The Morgan fingerprint density at radius 3 is 2.50 bits per heavy atom. The number of halogens is 3. The molecular formula is C11H8Br2INS. The molecule has 2 aromatic rings. The van der Waals surface area contributed by atoms with E-state index < -0.39 is 0 Å². The van der Waals surface area contributed by atoms with Gasteiger partial charge in [-0.1, -0.05) is 18.2 Å². The molecule has 0 aliphatic rings. The highest BCUT2D eigenvalue weighted by atomic mass is 127. The molecule has 2 rings (SSSR count). The second-order valence-corrected chi connectivity index (χ2v) is 7.69. The summed E-state index contributed by atoms with van der Waals surface area (Å²) in [6, 6.07) is 10.2. The second-order valence-electron chi connectivity index (χ2n) is 3.27. The van der Waals surface area contributed by atoms with E-state index in [0.29, 0.717) is 0 Å². The molecule has 0 aliphatic heterocycles. The van der Waals surface area contributed by atoms with Gasteiger partial charge in [-0.3, -0.25) is 0 Å². The lowest BCUT2D eigenvalue weighted by atomic mass is 10.1. The predicted molar refractivity (Wildman–Crippen MR) is 84.9 cm³/mol. The van der Waals surface area contributed by atoms with Gasteiger partial charge in [0.05, 0.1) is 9.83 Å². The molecular weight excluding hydrogens is 465 g/mol. The molecule has 0 aliphatic carbocycles. The topological polar surface area (TPSA) is 26.0 Å². The lowest BCUT2D eigenvalue weighted by Gasteiger charge is -2.11. The number of rotatable bonds is 2. The average Bonchev–Trinajstić information content (AvgIpc) is 2.59. The summed E-state index contributed by atoms with van der Waals surface area (Å²) in [4.78, 5) is 1.16. The summed E-state index contributed by atoms with van der Waals surface area (Å²) in [5.41, 5.74) is 7.43. The minimum absolute atomic E-state index is 0.0549. The summed E-state index contributed by atoms with van der Waals surface area (Å²) in [7, 11) is 0. The molecule has 0 saturated heterocycles. The summed E-state index contributed by atoms with van der Waals surface area (Å²) < 4.78 is 3.35. The van der Waals surface area contributed by atoms with Gasteiger partial charge in [-0.15, -0.1) is 11.3 Å². The highest BCUT2D eigenvalue weighted by Crippen LogP contribution is 2.37. The van der Waals surface area contributed by atoms with E-state index in [4.69, 9.17) is 5.73 Å².